The maximum atomic E-state index is 14.3. The topological polar surface area (TPSA) is 553 Å². The molecule has 20 N–H and O–H groups in total. The molecule has 1 aromatic heterocycles. The molecule has 2 aliphatic heterocycles. The van der Waals surface area contributed by atoms with E-state index in [4.69, 9.17) is 37.5 Å². The highest BCUT2D eigenvalue weighted by molar-refractivity contribution is 7.99. The van der Waals surface area contributed by atoms with Crippen LogP contribution in [0.2, 0.25) is 0 Å². The number of likely N-dealkylation sites (tertiary alicyclic amines) is 1. The SMILES string of the molecule is CC[C@H](C)[C@@H]1NC(=O)CNC(=O)[C@@H](N)Cc2c([nH]c3cc(OC(=O)N(C)CCN(C)C(=O)OCc4ccc(NC(=O)[C@H](CCCNC(N)=O)NC(=O)[C@@H](NC(=O)CCC(=O)O)C(C)C)cc4)ccc23)SC[C@@H](C(=O)N[C@@H](CC(N)=O)C(=O)N2C[C@H](O)C[C@H]2C(N)=O)NC(=O)CNC1=O. The molecule has 3 aromatic rings. The normalized spacial score (nSPS) is 18.9. The van der Waals surface area contributed by atoms with Crippen molar-refractivity contribution in [2.45, 2.75) is 139 Å². The Morgan fingerprint density at radius 3 is 2.08 bits per heavy atom. The molecule has 3 heterocycles. The Bertz CT molecular complexity index is 3440. The van der Waals surface area contributed by atoms with E-state index in [0.29, 0.717) is 34.1 Å². The number of ether oxygens (including phenoxy) is 2. The van der Waals surface area contributed by atoms with Crippen LogP contribution in [-0.2, 0) is 75.3 Å². The van der Waals surface area contributed by atoms with Gasteiger partial charge >= 0.3 is 24.2 Å². The molecule has 0 saturated carbocycles. The molecule has 0 radical (unpaired) electrons. The van der Waals surface area contributed by atoms with Crippen molar-refractivity contribution < 1.29 is 91.6 Å². The molecule has 5 rings (SSSR count). The number of aliphatic hydroxyl groups is 1. The number of amides is 15. The van der Waals surface area contributed by atoms with Crippen LogP contribution in [0.3, 0.4) is 0 Å². The van der Waals surface area contributed by atoms with Crippen LogP contribution in [0.1, 0.15) is 83.8 Å². The highest BCUT2D eigenvalue weighted by Gasteiger charge is 2.42. The molecule has 1 saturated heterocycles. The number of carboxylic acid groups (broad SMARTS) is 1. The van der Waals surface area contributed by atoms with E-state index in [1.807, 2.05) is 0 Å². The van der Waals surface area contributed by atoms with Crippen molar-refractivity contribution in [2.24, 2.45) is 34.8 Å². The van der Waals surface area contributed by atoms with Crippen LogP contribution in [0.4, 0.5) is 20.1 Å². The molecule has 0 bridgehead atoms. The van der Waals surface area contributed by atoms with Crippen molar-refractivity contribution in [3.05, 3.63) is 53.6 Å². The molecule has 9 atom stereocenters. The highest BCUT2D eigenvalue weighted by Crippen LogP contribution is 2.34. The molecule has 36 nitrogen and oxygen atoms in total. The first-order chi connectivity index (χ1) is 46.2. The van der Waals surface area contributed by atoms with Gasteiger partial charge in [-0.3, -0.25) is 57.5 Å². The molecule has 0 spiro atoms. The Balaban J connectivity index is 1.27. The molecule has 2 aliphatic rings. The van der Waals surface area contributed by atoms with E-state index in [2.05, 4.69) is 52.8 Å². The summed E-state index contributed by atoms with van der Waals surface area (Å²) in [6, 6.07) is 0.482. The predicted octanol–water partition coefficient (Wildman–Crippen LogP) is -3.22. The molecule has 0 unspecified atom stereocenters. The van der Waals surface area contributed by atoms with Crippen molar-refractivity contribution in [1.82, 2.24) is 62.2 Å². The fourth-order valence-corrected chi connectivity index (χ4v) is 11.2. The maximum Gasteiger partial charge on any atom is 0.415 e. The van der Waals surface area contributed by atoms with Gasteiger partial charge in [0.1, 0.15) is 48.6 Å². The summed E-state index contributed by atoms with van der Waals surface area (Å²) < 4.78 is 11.2. The van der Waals surface area contributed by atoms with E-state index >= 15 is 0 Å². The number of likely N-dealkylation sites (N-methyl/N-ethyl adjacent to an activating group) is 2. The fourth-order valence-electron chi connectivity index (χ4n) is 10.1. The monoisotopic (exact) mass is 1390 g/mol. The second-order valence-corrected chi connectivity index (χ2v) is 24.9. The first-order valence-corrected chi connectivity index (χ1v) is 32.3. The van der Waals surface area contributed by atoms with Crippen molar-refractivity contribution in [3.63, 3.8) is 0 Å². The second kappa shape index (κ2) is 37.3. The minimum Gasteiger partial charge on any atom is -0.481 e. The van der Waals surface area contributed by atoms with E-state index in [1.54, 1.807) is 45.9 Å². The number of aliphatic carboxylic acids is 1. The number of β-amino-alcohol motifs (C(OH)–C–C–N with tert-alkyl or cyclic N) is 1. The molecular weight excluding hydrogens is 1310 g/mol. The third-order valence-corrected chi connectivity index (χ3v) is 17.0. The molecule has 0 aliphatic carbocycles. The van der Waals surface area contributed by atoms with E-state index in [0.717, 1.165) is 16.7 Å². The number of aromatic nitrogens is 1. The van der Waals surface area contributed by atoms with Crippen LogP contribution in [0.5, 0.6) is 5.75 Å². The van der Waals surface area contributed by atoms with Gasteiger partial charge in [0.15, 0.2) is 0 Å². The number of primary amides is 3. The number of urea groups is 1. The number of aromatic amines is 1. The van der Waals surface area contributed by atoms with Crippen LogP contribution in [0.15, 0.2) is 47.5 Å². The number of H-pyrrole nitrogens is 1. The summed E-state index contributed by atoms with van der Waals surface area (Å²) in [5.74, 6) is -11.7. The van der Waals surface area contributed by atoms with Gasteiger partial charge in [-0.05, 0) is 66.5 Å². The lowest BCUT2D eigenvalue weighted by molar-refractivity contribution is -0.142. The van der Waals surface area contributed by atoms with Gasteiger partial charge in [-0.2, -0.15) is 0 Å². The van der Waals surface area contributed by atoms with Gasteiger partial charge in [0, 0.05) is 76.0 Å². The molecule has 536 valence electrons. The number of hydrogen-bond acceptors (Lipinski definition) is 20. The largest absolute Gasteiger partial charge is 0.481 e. The van der Waals surface area contributed by atoms with Crippen LogP contribution in [0.25, 0.3) is 10.9 Å². The lowest BCUT2D eigenvalue weighted by atomic mass is 9.98. The summed E-state index contributed by atoms with van der Waals surface area (Å²) in [4.78, 5) is 201. The molecule has 37 heteroatoms. The summed E-state index contributed by atoms with van der Waals surface area (Å²) in [6.45, 7) is 4.87. The number of thioether (sulfide) groups is 1. The van der Waals surface area contributed by atoms with Gasteiger partial charge < -0.3 is 110 Å². The number of nitrogens with one attached hydrogen (secondary N) is 10. The van der Waals surface area contributed by atoms with Crippen molar-refractivity contribution in [1.29, 1.82) is 0 Å². The van der Waals surface area contributed by atoms with E-state index < -0.39 is 175 Å². The van der Waals surface area contributed by atoms with Crippen molar-refractivity contribution in [3.8, 4) is 5.75 Å². The summed E-state index contributed by atoms with van der Waals surface area (Å²) in [7, 11) is 2.85. The molecule has 2 aromatic carbocycles. The molecule has 15 amide bonds. The summed E-state index contributed by atoms with van der Waals surface area (Å²) >= 11 is 0.932. The minimum atomic E-state index is -1.73. The third kappa shape index (κ3) is 24.1. The number of anilines is 1. The van der Waals surface area contributed by atoms with Crippen molar-refractivity contribution >= 4 is 118 Å². The van der Waals surface area contributed by atoms with Crippen LogP contribution in [0, 0.1) is 11.8 Å². The number of carbonyl (C=O) groups is 15. The lowest BCUT2D eigenvalue weighted by Gasteiger charge is -2.28. The van der Waals surface area contributed by atoms with Crippen LogP contribution in [-0.4, -0.2) is 227 Å². The zero-order valence-electron chi connectivity index (χ0n) is 55.0. The standard InChI is InChI=1S/C61H87N17O19S/c1-7-31(4)50-55(90)68-25-46(82)70-42(54(89)72-41(24-44(63)80)58(92)78-27-34(79)21-43(78)51(64)86)29-98-57-37(23-38(62)52(87)67-26-47(83)75-50)36-15-14-35(22-40(36)73-57)97-61(95)77(6)20-19-76(5)60(94)96-28-32-10-12-33(13-11-32)69-53(88)39(9-8-18-66-59(65)93)71-56(91)49(30(2)3)74-45(81)16-17-48(84)85/h10-15,22,30-31,34,38-39,41-43,49-50,73,79H,7-9,16-21,23-29,62H2,1-6H3,(H2,63,80)(H2,64,86)(H,67,87)(H,68,90)(H,69,88)(H,70,82)(H,71,91)(H,72,89)(H,74,81)(H,75,83)(H,84,85)(H3,65,66,93)/t31-,34+,38-,39-,41-,42-,43-,49-,50-/m0/s1. The molecule has 1 fully saturated rings. The summed E-state index contributed by atoms with van der Waals surface area (Å²) in [5.41, 5.74) is 24.2. The Kier molecular flexibility index (Phi) is 29.8. The number of rotatable bonds is 27. The quantitative estimate of drug-likeness (QED) is 0.0334. The number of aliphatic hydroxyl groups excluding tert-OH is 1. The number of hydrogen-bond donors (Lipinski definition) is 16. The third-order valence-electron chi connectivity index (χ3n) is 15.8. The summed E-state index contributed by atoms with van der Waals surface area (Å²) in [5, 5.41) is 42.7. The Labute approximate surface area is 566 Å². The predicted molar refractivity (Wildman–Crippen MR) is 350 cm³/mol. The Morgan fingerprint density at radius 1 is 0.806 bits per heavy atom. The lowest BCUT2D eigenvalue weighted by Crippen LogP contribution is -2.58. The second-order valence-electron chi connectivity index (χ2n) is 23.9. The zero-order valence-corrected chi connectivity index (χ0v) is 55.8. The number of benzene rings is 2. The smallest absolute Gasteiger partial charge is 0.415 e. The van der Waals surface area contributed by atoms with E-state index in [1.165, 1.54) is 48.2 Å². The highest BCUT2D eigenvalue weighted by atomic mass is 32.2. The van der Waals surface area contributed by atoms with Crippen LogP contribution < -0.4 is 75.5 Å². The fraction of sp³-hybridized carbons (Fsp3) is 0.525. The average molecular weight is 1390 g/mol. The average Bonchev–Trinajstić information content (AvgIpc) is 1.64. The molecule has 98 heavy (non-hydrogen) atoms. The summed E-state index contributed by atoms with van der Waals surface area (Å²) in [6.07, 6.45) is -4.16. The van der Waals surface area contributed by atoms with E-state index in [-0.39, 0.29) is 81.4 Å². The molecular formula is C61H87N17O19S. The van der Waals surface area contributed by atoms with Gasteiger partial charge in [0.2, 0.25) is 65.0 Å². The van der Waals surface area contributed by atoms with Gasteiger partial charge in [0.25, 0.3) is 0 Å². The minimum absolute atomic E-state index is 0.0164. The van der Waals surface area contributed by atoms with Crippen LogP contribution >= 0.6 is 11.8 Å². The zero-order chi connectivity index (χ0) is 72.7. The maximum absolute atomic E-state index is 14.3. The van der Waals surface area contributed by atoms with E-state index in [9.17, 15) is 77.0 Å². The van der Waals surface area contributed by atoms with Gasteiger partial charge in [-0.15, -0.1) is 11.8 Å². The van der Waals surface area contributed by atoms with Gasteiger partial charge in [-0.25, -0.2) is 14.4 Å². The Hall–Kier alpha value is -10.3. The van der Waals surface area contributed by atoms with Crippen molar-refractivity contribution in [2.75, 3.05) is 64.4 Å². The Morgan fingerprint density at radius 2 is 1.46 bits per heavy atom. The number of nitrogens with two attached hydrogens (primary N) is 4. The number of carboxylic acids is 1. The number of fused-ring (bicyclic) bond motifs is 3. The van der Waals surface area contributed by atoms with Gasteiger partial charge in [-0.1, -0.05) is 46.2 Å². The number of carbonyl (C=O) groups excluding carboxylic acids is 14. The number of nitrogens with zero attached hydrogens (tertiary/aromatic N) is 3. The first-order valence-electron chi connectivity index (χ1n) is 31.3. The first kappa shape index (κ1) is 78.4. The van der Waals surface area contributed by atoms with Gasteiger partial charge in [0.05, 0.1) is 48.6 Å².